The Morgan fingerprint density at radius 1 is 1.23 bits per heavy atom. The van der Waals surface area contributed by atoms with E-state index in [9.17, 15) is 5.11 Å². The Labute approximate surface area is 131 Å². The second-order valence-electron chi connectivity index (χ2n) is 6.19. The summed E-state index contributed by atoms with van der Waals surface area (Å²) in [6.45, 7) is 5.60. The van der Waals surface area contributed by atoms with Gasteiger partial charge < -0.3 is 14.4 Å². The Morgan fingerprint density at radius 3 is 2.55 bits per heavy atom. The lowest BCUT2D eigenvalue weighted by Gasteiger charge is -2.16. The van der Waals surface area contributed by atoms with Crippen molar-refractivity contribution in [2.45, 2.75) is 58.7 Å². The second-order valence-corrected chi connectivity index (χ2v) is 6.19. The smallest absolute Gasteiger partial charge is 0.141 e. The predicted octanol–water partition coefficient (Wildman–Crippen LogP) is 4.33. The molecule has 1 unspecified atom stereocenters. The first-order valence-electron chi connectivity index (χ1n) is 7.97. The zero-order valence-corrected chi connectivity index (χ0v) is 13.4. The van der Waals surface area contributed by atoms with Crippen molar-refractivity contribution in [1.82, 2.24) is 5.16 Å². The summed E-state index contributed by atoms with van der Waals surface area (Å²) in [6.07, 6.45) is 4.45. The maximum absolute atomic E-state index is 9.97. The predicted molar refractivity (Wildman–Crippen MR) is 84.9 cm³/mol. The van der Waals surface area contributed by atoms with Gasteiger partial charge in [0.05, 0.1) is 17.9 Å². The van der Waals surface area contributed by atoms with E-state index in [0.29, 0.717) is 6.10 Å². The number of aliphatic hydroxyl groups is 1. The molecule has 0 spiro atoms. The number of aliphatic hydroxyl groups excluding tert-OH is 1. The molecule has 1 aromatic carbocycles. The van der Waals surface area contributed by atoms with Gasteiger partial charge in [0.15, 0.2) is 0 Å². The van der Waals surface area contributed by atoms with Crippen LogP contribution in [0.4, 0.5) is 0 Å². The normalized spacial score (nSPS) is 16.9. The number of aromatic nitrogens is 1. The van der Waals surface area contributed by atoms with Gasteiger partial charge in [0.2, 0.25) is 0 Å². The Balaban J connectivity index is 2.00. The van der Waals surface area contributed by atoms with Crippen molar-refractivity contribution < 1.29 is 14.4 Å². The molecule has 1 saturated carbocycles. The number of hydrogen-bond donors (Lipinski definition) is 1. The van der Waals surface area contributed by atoms with E-state index in [-0.39, 0.29) is 0 Å². The van der Waals surface area contributed by atoms with E-state index in [0.717, 1.165) is 46.7 Å². The lowest BCUT2D eigenvalue weighted by Crippen LogP contribution is -2.11. The third-order valence-electron chi connectivity index (χ3n) is 4.34. The molecule has 1 fully saturated rings. The molecule has 4 nitrogen and oxygen atoms in total. The van der Waals surface area contributed by atoms with Crippen molar-refractivity contribution in [3.63, 3.8) is 0 Å². The number of hydrogen-bond acceptors (Lipinski definition) is 4. The van der Waals surface area contributed by atoms with Crippen LogP contribution in [0.15, 0.2) is 22.7 Å². The molecule has 1 aromatic heterocycles. The van der Waals surface area contributed by atoms with E-state index in [1.165, 1.54) is 12.8 Å². The molecule has 1 aliphatic rings. The number of ether oxygens (including phenoxy) is 1. The fourth-order valence-electron chi connectivity index (χ4n) is 3.17. The van der Waals surface area contributed by atoms with Crippen molar-refractivity contribution in [2.75, 3.05) is 0 Å². The highest BCUT2D eigenvalue weighted by molar-refractivity contribution is 5.70. The summed E-state index contributed by atoms with van der Waals surface area (Å²) in [6, 6.07) is 5.94. The van der Waals surface area contributed by atoms with E-state index >= 15 is 0 Å². The highest BCUT2D eigenvalue weighted by Gasteiger charge is 2.19. The van der Waals surface area contributed by atoms with Crippen LogP contribution in [0.2, 0.25) is 0 Å². The minimum Gasteiger partial charge on any atom is -0.490 e. The zero-order chi connectivity index (χ0) is 15.7. The molecule has 0 bridgehead atoms. The van der Waals surface area contributed by atoms with Gasteiger partial charge in [0.25, 0.3) is 0 Å². The monoisotopic (exact) mass is 301 g/mol. The Morgan fingerprint density at radius 2 is 1.95 bits per heavy atom. The van der Waals surface area contributed by atoms with Gasteiger partial charge in [-0.05, 0) is 75.8 Å². The van der Waals surface area contributed by atoms with E-state index in [2.05, 4.69) is 5.16 Å². The van der Waals surface area contributed by atoms with Crippen LogP contribution in [0.3, 0.4) is 0 Å². The fourth-order valence-corrected chi connectivity index (χ4v) is 3.17. The average molecular weight is 301 g/mol. The van der Waals surface area contributed by atoms with Gasteiger partial charge in [-0.15, -0.1) is 0 Å². The summed E-state index contributed by atoms with van der Waals surface area (Å²) in [4.78, 5) is 0. The van der Waals surface area contributed by atoms with Crippen LogP contribution in [0.5, 0.6) is 5.75 Å². The van der Waals surface area contributed by atoms with Crippen molar-refractivity contribution in [3.05, 3.63) is 35.2 Å². The number of benzene rings is 1. The van der Waals surface area contributed by atoms with Crippen LogP contribution in [-0.4, -0.2) is 16.4 Å². The molecule has 4 heteroatoms. The minimum atomic E-state index is -0.536. The molecule has 118 valence electrons. The molecule has 0 radical (unpaired) electrons. The van der Waals surface area contributed by atoms with Gasteiger partial charge in [-0.25, -0.2) is 0 Å². The quantitative estimate of drug-likeness (QED) is 0.913. The molecule has 1 atom stereocenters. The summed E-state index contributed by atoms with van der Waals surface area (Å²) in [5, 5.41) is 14.0. The Hall–Kier alpha value is -1.81. The standard InChI is InChI=1S/C18H23NO3/c1-11-18(13(3)22-19-11)15-8-14(12(2)20)9-17(10-15)21-16-6-4-5-7-16/h8-10,12,16,20H,4-7H2,1-3H3. The Kier molecular flexibility index (Phi) is 4.21. The van der Waals surface area contributed by atoms with Crippen LogP contribution >= 0.6 is 0 Å². The van der Waals surface area contributed by atoms with Gasteiger partial charge in [-0.2, -0.15) is 0 Å². The minimum absolute atomic E-state index is 0.293. The molecule has 0 aliphatic heterocycles. The van der Waals surface area contributed by atoms with Crippen molar-refractivity contribution in [3.8, 4) is 16.9 Å². The molecule has 1 heterocycles. The number of rotatable bonds is 4. The summed E-state index contributed by atoms with van der Waals surface area (Å²) in [7, 11) is 0. The summed E-state index contributed by atoms with van der Waals surface area (Å²) in [5.74, 6) is 1.60. The lowest BCUT2D eigenvalue weighted by molar-refractivity contribution is 0.194. The molecule has 22 heavy (non-hydrogen) atoms. The summed E-state index contributed by atoms with van der Waals surface area (Å²) in [5.41, 5.74) is 3.68. The lowest BCUT2D eigenvalue weighted by atomic mass is 9.99. The summed E-state index contributed by atoms with van der Waals surface area (Å²) < 4.78 is 11.4. The molecule has 1 aliphatic carbocycles. The Bertz CT molecular complexity index is 635. The summed E-state index contributed by atoms with van der Waals surface area (Å²) >= 11 is 0. The maximum atomic E-state index is 9.97. The third-order valence-corrected chi connectivity index (χ3v) is 4.34. The zero-order valence-electron chi connectivity index (χ0n) is 13.4. The van der Waals surface area contributed by atoms with E-state index in [4.69, 9.17) is 9.26 Å². The SMILES string of the molecule is Cc1noc(C)c1-c1cc(OC2CCCC2)cc(C(C)O)c1. The highest BCUT2D eigenvalue weighted by atomic mass is 16.5. The largest absolute Gasteiger partial charge is 0.490 e. The maximum Gasteiger partial charge on any atom is 0.141 e. The van der Waals surface area contributed by atoms with Crippen LogP contribution in [0, 0.1) is 13.8 Å². The van der Waals surface area contributed by atoms with Crippen molar-refractivity contribution in [2.24, 2.45) is 0 Å². The fraction of sp³-hybridized carbons (Fsp3) is 0.500. The number of nitrogens with zero attached hydrogens (tertiary/aromatic N) is 1. The number of aryl methyl sites for hydroxylation is 2. The van der Waals surface area contributed by atoms with Gasteiger partial charge in [-0.3, -0.25) is 0 Å². The molecular weight excluding hydrogens is 278 g/mol. The van der Waals surface area contributed by atoms with Crippen LogP contribution < -0.4 is 4.74 Å². The second kappa shape index (κ2) is 6.13. The van der Waals surface area contributed by atoms with Crippen LogP contribution in [-0.2, 0) is 0 Å². The van der Waals surface area contributed by atoms with Gasteiger partial charge in [0.1, 0.15) is 11.5 Å². The van der Waals surface area contributed by atoms with E-state index < -0.39 is 6.10 Å². The third kappa shape index (κ3) is 3.02. The highest BCUT2D eigenvalue weighted by Crippen LogP contribution is 2.34. The topological polar surface area (TPSA) is 55.5 Å². The van der Waals surface area contributed by atoms with E-state index in [1.807, 2.05) is 32.0 Å². The first-order chi connectivity index (χ1) is 10.5. The first kappa shape index (κ1) is 15.1. The average Bonchev–Trinajstić information content (AvgIpc) is 3.09. The van der Waals surface area contributed by atoms with Gasteiger partial charge in [0, 0.05) is 5.56 Å². The van der Waals surface area contributed by atoms with Crippen molar-refractivity contribution in [1.29, 1.82) is 0 Å². The van der Waals surface area contributed by atoms with Crippen molar-refractivity contribution >= 4 is 0 Å². The molecular formula is C18H23NO3. The van der Waals surface area contributed by atoms with Crippen LogP contribution in [0.1, 0.15) is 55.7 Å². The van der Waals surface area contributed by atoms with Gasteiger partial charge in [-0.1, -0.05) is 5.16 Å². The molecule has 1 N–H and O–H groups in total. The van der Waals surface area contributed by atoms with Gasteiger partial charge >= 0.3 is 0 Å². The molecule has 3 rings (SSSR count). The molecule has 2 aromatic rings. The molecule has 0 amide bonds. The first-order valence-corrected chi connectivity index (χ1v) is 7.97. The van der Waals surface area contributed by atoms with Crippen LogP contribution in [0.25, 0.3) is 11.1 Å². The molecule has 0 saturated heterocycles. The van der Waals surface area contributed by atoms with E-state index in [1.54, 1.807) is 6.92 Å².